The highest BCUT2D eigenvalue weighted by molar-refractivity contribution is 5.47. The summed E-state index contributed by atoms with van der Waals surface area (Å²) in [6.07, 6.45) is 4.42. The second-order valence-corrected chi connectivity index (χ2v) is 4.56. The first-order chi connectivity index (χ1) is 8.26. The van der Waals surface area contributed by atoms with E-state index in [4.69, 9.17) is 4.74 Å². The van der Waals surface area contributed by atoms with E-state index < -0.39 is 0 Å². The zero-order valence-corrected chi connectivity index (χ0v) is 9.76. The molecule has 0 amide bonds. The van der Waals surface area contributed by atoms with Gasteiger partial charge in [0.25, 0.3) is 0 Å². The van der Waals surface area contributed by atoms with Gasteiger partial charge in [0.1, 0.15) is 11.5 Å². The number of para-hydroxylation sites is 1. The Morgan fingerprint density at radius 3 is 1.94 bits per heavy atom. The Balaban J connectivity index is 1.77. The van der Waals surface area contributed by atoms with Crippen LogP contribution in [0.4, 0.5) is 0 Å². The lowest BCUT2D eigenvalue weighted by atomic mass is 9.96. The van der Waals surface area contributed by atoms with Crippen molar-refractivity contribution in [1.29, 1.82) is 0 Å². The van der Waals surface area contributed by atoms with E-state index in [1.165, 1.54) is 5.56 Å². The summed E-state index contributed by atoms with van der Waals surface area (Å²) in [5.74, 6) is 1.75. The van der Waals surface area contributed by atoms with Gasteiger partial charge in [0.2, 0.25) is 0 Å². The van der Waals surface area contributed by atoms with Crippen LogP contribution < -0.4 is 4.74 Å². The normalized spacial score (nSPS) is 15.6. The molecule has 0 aromatic heterocycles. The van der Waals surface area contributed by atoms with Crippen LogP contribution in [0.1, 0.15) is 12.5 Å². The smallest absolute Gasteiger partial charge is 0.127 e. The first kappa shape index (κ1) is 10.2. The lowest BCUT2D eigenvalue weighted by Gasteiger charge is -2.11. The van der Waals surface area contributed by atoms with Gasteiger partial charge in [-0.2, -0.15) is 0 Å². The summed E-state index contributed by atoms with van der Waals surface area (Å²) < 4.78 is 5.75. The van der Waals surface area contributed by atoms with Crippen molar-refractivity contribution in [3.05, 3.63) is 72.3 Å². The number of hydrogen-bond acceptors (Lipinski definition) is 1. The van der Waals surface area contributed by atoms with Crippen molar-refractivity contribution in [1.82, 2.24) is 0 Å². The van der Waals surface area contributed by atoms with E-state index in [-0.39, 0.29) is 5.41 Å². The standard InChI is InChI=1S/C16H14O/c1-16(11-12-16)13-7-9-15(10-8-13)17-14-5-3-2-4-6-14/h2-12H,1H3. The minimum absolute atomic E-state index is 0.186. The molecule has 0 saturated heterocycles. The molecule has 84 valence electrons. The van der Waals surface area contributed by atoms with Crippen LogP contribution in [0.3, 0.4) is 0 Å². The molecule has 0 fully saturated rings. The van der Waals surface area contributed by atoms with Gasteiger partial charge in [0.15, 0.2) is 0 Å². The predicted octanol–water partition coefficient (Wildman–Crippen LogP) is 4.31. The molecule has 0 N–H and O–H groups in total. The van der Waals surface area contributed by atoms with Crippen molar-refractivity contribution >= 4 is 0 Å². The minimum Gasteiger partial charge on any atom is -0.457 e. The molecule has 0 spiro atoms. The second-order valence-electron chi connectivity index (χ2n) is 4.56. The molecular weight excluding hydrogens is 208 g/mol. The SMILES string of the molecule is CC1(c2ccc(Oc3ccccc3)cc2)C=C1. The summed E-state index contributed by atoms with van der Waals surface area (Å²) in [6.45, 7) is 2.21. The number of rotatable bonds is 3. The zero-order valence-electron chi connectivity index (χ0n) is 9.76. The van der Waals surface area contributed by atoms with Gasteiger partial charge in [0, 0.05) is 5.41 Å². The maximum Gasteiger partial charge on any atom is 0.127 e. The third-order valence-electron chi connectivity index (χ3n) is 3.12. The fourth-order valence-electron chi connectivity index (χ4n) is 1.82. The number of benzene rings is 2. The summed E-state index contributed by atoms with van der Waals surface area (Å²) >= 11 is 0. The summed E-state index contributed by atoms with van der Waals surface area (Å²) in [5, 5.41) is 0. The summed E-state index contributed by atoms with van der Waals surface area (Å²) in [5.41, 5.74) is 1.50. The molecule has 2 aromatic rings. The Bertz CT molecular complexity index is 531. The molecule has 17 heavy (non-hydrogen) atoms. The molecule has 0 aliphatic heterocycles. The third kappa shape index (κ3) is 2.09. The van der Waals surface area contributed by atoms with Crippen molar-refractivity contribution in [3.8, 4) is 11.5 Å². The largest absolute Gasteiger partial charge is 0.457 e. The molecule has 3 rings (SSSR count). The van der Waals surface area contributed by atoms with E-state index in [2.05, 4.69) is 31.2 Å². The topological polar surface area (TPSA) is 9.23 Å². The Morgan fingerprint density at radius 2 is 1.35 bits per heavy atom. The maximum atomic E-state index is 5.75. The molecular formula is C16H14O. The molecule has 1 aliphatic rings. The van der Waals surface area contributed by atoms with Crippen molar-refractivity contribution in [2.45, 2.75) is 12.3 Å². The minimum atomic E-state index is 0.186. The fraction of sp³-hybridized carbons (Fsp3) is 0.125. The van der Waals surface area contributed by atoms with Gasteiger partial charge in [-0.15, -0.1) is 0 Å². The van der Waals surface area contributed by atoms with Gasteiger partial charge in [-0.05, 0) is 36.8 Å². The van der Waals surface area contributed by atoms with Gasteiger partial charge in [0.05, 0.1) is 0 Å². The van der Waals surface area contributed by atoms with Gasteiger partial charge < -0.3 is 4.74 Å². The Kier molecular flexibility index (Phi) is 2.25. The molecule has 1 nitrogen and oxygen atoms in total. The van der Waals surface area contributed by atoms with Crippen LogP contribution in [-0.2, 0) is 5.41 Å². The molecule has 0 unspecified atom stereocenters. The average molecular weight is 222 g/mol. The van der Waals surface area contributed by atoms with Crippen LogP contribution in [0.5, 0.6) is 11.5 Å². The predicted molar refractivity (Wildman–Crippen MR) is 69.5 cm³/mol. The second kappa shape index (κ2) is 3.77. The van der Waals surface area contributed by atoms with E-state index >= 15 is 0 Å². The Morgan fingerprint density at radius 1 is 0.765 bits per heavy atom. The summed E-state index contributed by atoms with van der Waals surface area (Å²) in [6, 6.07) is 18.1. The summed E-state index contributed by atoms with van der Waals surface area (Å²) in [4.78, 5) is 0. The van der Waals surface area contributed by atoms with Crippen molar-refractivity contribution < 1.29 is 4.74 Å². The van der Waals surface area contributed by atoms with E-state index in [1.54, 1.807) is 0 Å². The van der Waals surface area contributed by atoms with Crippen LogP contribution in [-0.4, -0.2) is 0 Å². The van der Waals surface area contributed by atoms with Crippen LogP contribution in [0.2, 0.25) is 0 Å². The highest BCUT2D eigenvalue weighted by atomic mass is 16.5. The van der Waals surface area contributed by atoms with Crippen LogP contribution in [0.25, 0.3) is 0 Å². The fourth-order valence-corrected chi connectivity index (χ4v) is 1.82. The Labute approximate surface area is 101 Å². The van der Waals surface area contributed by atoms with Crippen molar-refractivity contribution in [2.24, 2.45) is 0 Å². The lowest BCUT2D eigenvalue weighted by Crippen LogP contribution is -2.00. The quantitative estimate of drug-likeness (QED) is 0.703. The maximum absolute atomic E-state index is 5.75. The molecule has 0 atom stereocenters. The van der Waals surface area contributed by atoms with Crippen molar-refractivity contribution in [2.75, 3.05) is 0 Å². The first-order valence-corrected chi connectivity index (χ1v) is 5.80. The monoisotopic (exact) mass is 222 g/mol. The number of ether oxygens (including phenoxy) is 1. The zero-order chi connectivity index (χ0) is 11.7. The van der Waals surface area contributed by atoms with E-state index in [1.807, 2.05) is 42.5 Å². The van der Waals surface area contributed by atoms with Crippen LogP contribution >= 0.6 is 0 Å². The highest BCUT2D eigenvalue weighted by Gasteiger charge is 2.29. The summed E-state index contributed by atoms with van der Waals surface area (Å²) in [7, 11) is 0. The first-order valence-electron chi connectivity index (χ1n) is 5.80. The van der Waals surface area contributed by atoms with Crippen LogP contribution in [0.15, 0.2) is 66.7 Å². The lowest BCUT2D eigenvalue weighted by molar-refractivity contribution is 0.482. The van der Waals surface area contributed by atoms with Gasteiger partial charge in [-0.25, -0.2) is 0 Å². The molecule has 0 radical (unpaired) electrons. The van der Waals surface area contributed by atoms with Crippen LogP contribution in [0, 0.1) is 0 Å². The van der Waals surface area contributed by atoms with E-state index in [0.717, 1.165) is 11.5 Å². The third-order valence-corrected chi connectivity index (χ3v) is 3.12. The van der Waals surface area contributed by atoms with Crippen molar-refractivity contribution in [3.63, 3.8) is 0 Å². The number of allylic oxidation sites excluding steroid dienone is 2. The number of hydrogen-bond donors (Lipinski definition) is 0. The van der Waals surface area contributed by atoms with Gasteiger partial charge >= 0.3 is 0 Å². The van der Waals surface area contributed by atoms with Gasteiger partial charge in [-0.3, -0.25) is 0 Å². The molecule has 0 heterocycles. The highest BCUT2D eigenvalue weighted by Crippen LogP contribution is 2.38. The van der Waals surface area contributed by atoms with E-state index in [0.29, 0.717) is 0 Å². The average Bonchev–Trinajstić information content (AvgIpc) is 3.11. The molecule has 1 heteroatoms. The molecule has 1 aliphatic carbocycles. The van der Waals surface area contributed by atoms with Gasteiger partial charge in [-0.1, -0.05) is 42.5 Å². The van der Waals surface area contributed by atoms with E-state index in [9.17, 15) is 0 Å². The Hall–Kier alpha value is -2.02. The molecule has 0 bridgehead atoms. The molecule has 2 aromatic carbocycles. The molecule has 0 saturated carbocycles.